The van der Waals surface area contributed by atoms with Gasteiger partial charge in [0.15, 0.2) is 6.79 Å². The van der Waals surface area contributed by atoms with Gasteiger partial charge in [-0.15, -0.1) is 0 Å². The fraction of sp³-hybridized carbons (Fsp3) is 0.400. The van der Waals surface area contributed by atoms with Crippen LogP contribution in [0.4, 0.5) is 0 Å². The molecular formula is C30H32O9. The minimum absolute atomic E-state index is 0.0555. The smallest absolute Gasteiger partial charge is 0.342 e. The van der Waals surface area contributed by atoms with Crippen LogP contribution in [0.2, 0.25) is 0 Å². The quantitative estimate of drug-likeness (QED) is 0.231. The van der Waals surface area contributed by atoms with Gasteiger partial charge in [-0.3, -0.25) is 0 Å². The molecule has 2 saturated heterocycles. The van der Waals surface area contributed by atoms with Crippen LogP contribution in [0.15, 0.2) is 60.7 Å². The highest BCUT2D eigenvalue weighted by atomic mass is 16.7. The van der Waals surface area contributed by atoms with Gasteiger partial charge in [-0.2, -0.15) is 0 Å². The second-order valence-electron chi connectivity index (χ2n) is 9.99. The summed E-state index contributed by atoms with van der Waals surface area (Å²) in [7, 11) is 3.03. The van der Waals surface area contributed by atoms with Crippen molar-refractivity contribution in [3.05, 3.63) is 77.4 Å². The van der Waals surface area contributed by atoms with E-state index in [4.69, 9.17) is 33.2 Å². The second kappa shape index (κ2) is 10.8. The topological polar surface area (TPSA) is 102 Å². The van der Waals surface area contributed by atoms with Crippen molar-refractivity contribution in [3.8, 4) is 11.5 Å². The van der Waals surface area contributed by atoms with E-state index in [0.717, 1.165) is 0 Å². The first-order valence-electron chi connectivity index (χ1n) is 12.8. The van der Waals surface area contributed by atoms with E-state index >= 15 is 0 Å². The molecule has 4 atom stereocenters. The summed E-state index contributed by atoms with van der Waals surface area (Å²) in [5, 5.41) is 0. The maximum absolute atomic E-state index is 13.2. The molecule has 2 aromatic carbocycles. The van der Waals surface area contributed by atoms with Crippen molar-refractivity contribution in [1.29, 1.82) is 0 Å². The molecule has 0 radical (unpaired) electrons. The molecule has 0 spiro atoms. The Morgan fingerprint density at radius 2 is 1.90 bits per heavy atom. The molecule has 206 valence electrons. The van der Waals surface area contributed by atoms with Crippen LogP contribution in [-0.2, 0) is 23.7 Å². The standard InChI is InChI=1S/C30H32O9/c1-29(2)30-14-13-20-16-21(34-4)17-23(36-18-33-3)24(20)28(32)35-15-9-8-12-22(25(38-29)26(30)39-30)37-27(31)19-10-6-5-7-11-19/h5-8,10-14,16-17,22,25-26H,9,15,18H2,1-4H3/b12-8-,14-13?/t22?,25?,26-,30?/m1/s1. The number of esters is 2. The lowest BCUT2D eigenvalue weighted by atomic mass is 9.87. The lowest BCUT2D eigenvalue weighted by molar-refractivity contribution is -0.126. The molecule has 5 rings (SSSR count). The Bertz CT molecular complexity index is 1280. The lowest BCUT2D eigenvalue weighted by Gasteiger charge is -2.30. The van der Waals surface area contributed by atoms with Gasteiger partial charge >= 0.3 is 11.9 Å². The summed E-state index contributed by atoms with van der Waals surface area (Å²) in [4.78, 5) is 26.2. The van der Waals surface area contributed by atoms with E-state index < -0.39 is 35.3 Å². The number of carbonyl (C=O) groups is 2. The molecule has 39 heavy (non-hydrogen) atoms. The Kier molecular flexibility index (Phi) is 7.48. The third-order valence-electron chi connectivity index (χ3n) is 7.17. The molecule has 9 nitrogen and oxygen atoms in total. The monoisotopic (exact) mass is 536 g/mol. The molecule has 2 fully saturated rings. The molecule has 0 saturated carbocycles. The normalized spacial score (nSPS) is 27.8. The fourth-order valence-electron chi connectivity index (χ4n) is 5.07. The predicted octanol–water partition coefficient (Wildman–Crippen LogP) is 4.35. The number of fused-ring (bicyclic) bond motifs is 1. The van der Waals surface area contributed by atoms with E-state index in [2.05, 4.69) is 0 Å². The van der Waals surface area contributed by atoms with E-state index in [9.17, 15) is 9.59 Å². The number of ether oxygens (including phenoxy) is 7. The van der Waals surface area contributed by atoms with Gasteiger partial charge in [0, 0.05) is 13.2 Å². The molecule has 3 aliphatic rings. The van der Waals surface area contributed by atoms with E-state index in [-0.39, 0.29) is 30.8 Å². The zero-order chi connectivity index (χ0) is 27.6. The molecule has 3 heterocycles. The summed E-state index contributed by atoms with van der Waals surface area (Å²) in [6, 6.07) is 12.1. The fourth-order valence-corrected chi connectivity index (χ4v) is 5.07. The Balaban J connectivity index is 1.52. The van der Waals surface area contributed by atoms with Crippen molar-refractivity contribution in [2.75, 3.05) is 27.6 Å². The van der Waals surface area contributed by atoms with Gasteiger partial charge in [0.25, 0.3) is 0 Å². The third kappa shape index (κ3) is 5.17. The van der Waals surface area contributed by atoms with Crippen LogP contribution in [0.5, 0.6) is 11.5 Å². The van der Waals surface area contributed by atoms with Crippen molar-refractivity contribution in [3.63, 3.8) is 0 Å². The minimum atomic E-state index is -0.801. The molecule has 0 aliphatic carbocycles. The molecule has 0 aromatic heterocycles. The zero-order valence-corrected chi connectivity index (χ0v) is 22.4. The van der Waals surface area contributed by atoms with Gasteiger partial charge in [-0.1, -0.05) is 30.4 Å². The van der Waals surface area contributed by atoms with Crippen LogP contribution < -0.4 is 9.47 Å². The largest absolute Gasteiger partial charge is 0.497 e. The number of benzene rings is 2. The van der Waals surface area contributed by atoms with E-state index in [1.54, 1.807) is 48.6 Å². The van der Waals surface area contributed by atoms with Gasteiger partial charge < -0.3 is 33.2 Å². The Morgan fingerprint density at radius 3 is 2.62 bits per heavy atom. The van der Waals surface area contributed by atoms with Gasteiger partial charge in [-0.05, 0) is 56.2 Å². The predicted molar refractivity (Wildman–Crippen MR) is 141 cm³/mol. The number of carbonyl (C=O) groups excluding carboxylic acids is 2. The molecule has 0 N–H and O–H groups in total. The molecule has 9 heteroatoms. The summed E-state index contributed by atoms with van der Waals surface area (Å²) < 4.78 is 40.4. The molecular weight excluding hydrogens is 504 g/mol. The third-order valence-corrected chi connectivity index (χ3v) is 7.17. The van der Waals surface area contributed by atoms with Crippen LogP contribution in [0.25, 0.3) is 6.08 Å². The van der Waals surface area contributed by atoms with Crippen molar-refractivity contribution < 1.29 is 42.7 Å². The molecule has 3 aliphatic heterocycles. The van der Waals surface area contributed by atoms with E-state index in [1.807, 2.05) is 32.1 Å². The second-order valence-corrected chi connectivity index (χ2v) is 9.99. The summed E-state index contributed by atoms with van der Waals surface area (Å²) >= 11 is 0. The minimum Gasteiger partial charge on any atom is -0.497 e. The number of epoxide rings is 1. The van der Waals surface area contributed by atoms with Crippen LogP contribution in [-0.4, -0.2) is 69.1 Å². The van der Waals surface area contributed by atoms with Gasteiger partial charge in [-0.25, -0.2) is 9.59 Å². The van der Waals surface area contributed by atoms with Gasteiger partial charge in [0.1, 0.15) is 41.0 Å². The maximum atomic E-state index is 13.2. The molecule has 0 amide bonds. The van der Waals surface area contributed by atoms with Crippen LogP contribution in [0.1, 0.15) is 46.5 Å². The van der Waals surface area contributed by atoms with Crippen molar-refractivity contribution in [2.45, 2.75) is 49.8 Å². The first-order chi connectivity index (χ1) is 18.8. The summed E-state index contributed by atoms with van der Waals surface area (Å²) in [6.45, 7) is 3.92. The summed E-state index contributed by atoms with van der Waals surface area (Å²) in [5.74, 6) is -0.231. The van der Waals surface area contributed by atoms with Gasteiger partial charge in [0.2, 0.25) is 0 Å². The van der Waals surface area contributed by atoms with Gasteiger partial charge in [0.05, 0.1) is 24.9 Å². The average Bonchev–Trinajstić information content (AvgIpc) is 3.64. The van der Waals surface area contributed by atoms with E-state index in [1.165, 1.54) is 14.2 Å². The van der Waals surface area contributed by atoms with Crippen molar-refractivity contribution in [1.82, 2.24) is 0 Å². The molecule has 2 bridgehead atoms. The number of hydrogen-bond acceptors (Lipinski definition) is 9. The lowest BCUT2D eigenvalue weighted by Crippen LogP contribution is -2.39. The van der Waals surface area contributed by atoms with Crippen LogP contribution in [0, 0.1) is 0 Å². The van der Waals surface area contributed by atoms with Crippen molar-refractivity contribution in [2.24, 2.45) is 0 Å². The highest BCUT2D eigenvalue weighted by molar-refractivity contribution is 5.97. The summed E-state index contributed by atoms with van der Waals surface area (Å²) in [5.41, 5.74) is -0.324. The first kappa shape index (κ1) is 26.9. The molecule has 2 aromatic rings. The Hall–Kier alpha value is -3.66. The summed E-state index contributed by atoms with van der Waals surface area (Å²) in [6.07, 6.45) is 6.04. The van der Waals surface area contributed by atoms with Crippen molar-refractivity contribution >= 4 is 18.0 Å². The number of cyclic esters (lactones) is 1. The average molecular weight is 537 g/mol. The Labute approximate surface area is 227 Å². The number of methoxy groups -OCH3 is 2. The highest BCUT2D eigenvalue weighted by Gasteiger charge is 2.75. The number of rotatable bonds is 6. The van der Waals surface area contributed by atoms with Crippen LogP contribution in [0.3, 0.4) is 0 Å². The van der Waals surface area contributed by atoms with Crippen LogP contribution >= 0.6 is 0 Å². The maximum Gasteiger partial charge on any atom is 0.342 e. The highest BCUT2D eigenvalue weighted by Crippen LogP contribution is 2.58. The Morgan fingerprint density at radius 1 is 1.10 bits per heavy atom. The molecule has 3 unspecified atom stereocenters. The first-order valence-corrected chi connectivity index (χ1v) is 12.8. The van der Waals surface area contributed by atoms with E-state index in [0.29, 0.717) is 23.3 Å². The number of hydrogen-bond donors (Lipinski definition) is 0. The zero-order valence-electron chi connectivity index (χ0n) is 22.4. The SMILES string of the molecule is COCOc1cc(OC)cc2c1C(=O)OCC/C=C\C(OC(=O)c1ccccc1)C1OC(C)(C)C3(C=C2)O[C@H]13.